The van der Waals surface area contributed by atoms with Crippen molar-refractivity contribution in [2.24, 2.45) is 4.99 Å². The Morgan fingerprint density at radius 1 is 1.30 bits per heavy atom. The molecular formula is C16H16N4O2S. The van der Waals surface area contributed by atoms with Gasteiger partial charge in [0, 0.05) is 4.88 Å². The molecule has 0 bridgehead atoms. The third-order valence-corrected chi connectivity index (χ3v) is 4.44. The fourth-order valence-electron chi connectivity index (χ4n) is 2.20. The summed E-state index contributed by atoms with van der Waals surface area (Å²) in [5.41, 5.74) is 3.47. The molecule has 1 atom stereocenters. The van der Waals surface area contributed by atoms with Crippen LogP contribution in [0.5, 0.6) is 0 Å². The molecule has 1 aliphatic rings. The van der Waals surface area contributed by atoms with Crippen molar-refractivity contribution in [2.75, 3.05) is 11.6 Å². The molecule has 0 aliphatic carbocycles. The average Bonchev–Trinajstić information content (AvgIpc) is 3.10. The zero-order valence-electron chi connectivity index (χ0n) is 12.5. The summed E-state index contributed by atoms with van der Waals surface area (Å²) in [4.78, 5) is 29.4. The number of rotatable bonds is 4. The zero-order chi connectivity index (χ0) is 16.2. The second-order valence-electron chi connectivity index (χ2n) is 5.05. The first kappa shape index (κ1) is 15.2. The summed E-state index contributed by atoms with van der Waals surface area (Å²) in [5, 5.41) is 6.19. The topological polar surface area (TPSA) is 73.8 Å². The number of hydrogen-bond acceptors (Lipinski definition) is 5. The SMILES string of the molecule is C[C@@H](NC(=O)C1=NCC(=O)N(c2ccccc2)N1)c1cccs1. The largest absolute Gasteiger partial charge is 0.342 e. The van der Waals surface area contributed by atoms with E-state index < -0.39 is 0 Å². The molecule has 0 fully saturated rings. The molecule has 2 N–H and O–H groups in total. The van der Waals surface area contributed by atoms with Crippen LogP contribution in [-0.2, 0) is 9.59 Å². The van der Waals surface area contributed by atoms with Crippen LogP contribution in [0.2, 0.25) is 0 Å². The maximum Gasteiger partial charge on any atom is 0.288 e. The molecule has 0 spiro atoms. The van der Waals surface area contributed by atoms with Gasteiger partial charge in [-0.3, -0.25) is 20.0 Å². The molecule has 2 heterocycles. The van der Waals surface area contributed by atoms with Gasteiger partial charge in [0.25, 0.3) is 11.8 Å². The van der Waals surface area contributed by atoms with Gasteiger partial charge in [-0.2, -0.15) is 0 Å². The number of thiophene rings is 1. The second-order valence-corrected chi connectivity index (χ2v) is 6.03. The summed E-state index contributed by atoms with van der Waals surface area (Å²) in [7, 11) is 0. The maximum atomic E-state index is 12.3. The zero-order valence-corrected chi connectivity index (χ0v) is 13.3. The predicted octanol–water partition coefficient (Wildman–Crippen LogP) is 1.88. The fraction of sp³-hybridized carbons (Fsp3) is 0.188. The van der Waals surface area contributed by atoms with Gasteiger partial charge in [-0.1, -0.05) is 24.3 Å². The molecule has 3 rings (SSSR count). The quantitative estimate of drug-likeness (QED) is 0.900. The summed E-state index contributed by atoms with van der Waals surface area (Å²) in [6.45, 7) is 1.85. The first-order valence-corrected chi connectivity index (χ1v) is 8.06. The van der Waals surface area contributed by atoms with Crippen LogP contribution in [0.15, 0.2) is 52.8 Å². The summed E-state index contributed by atoms with van der Waals surface area (Å²) in [6, 6.07) is 12.9. The van der Waals surface area contributed by atoms with Crippen molar-refractivity contribution in [1.82, 2.24) is 10.7 Å². The Morgan fingerprint density at radius 2 is 2.09 bits per heavy atom. The molecule has 118 valence electrons. The summed E-state index contributed by atoms with van der Waals surface area (Å²) >= 11 is 1.58. The Morgan fingerprint density at radius 3 is 2.78 bits per heavy atom. The smallest absolute Gasteiger partial charge is 0.288 e. The number of amidine groups is 1. The lowest BCUT2D eigenvalue weighted by atomic mass is 10.2. The van der Waals surface area contributed by atoms with Crippen molar-refractivity contribution < 1.29 is 9.59 Å². The lowest BCUT2D eigenvalue weighted by Crippen LogP contribution is -2.55. The van der Waals surface area contributed by atoms with Gasteiger partial charge in [-0.05, 0) is 30.5 Å². The average molecular weight is 328 g/mol. The van der Waals surface area contributed by atoms with Crippen molar-refractivity contribution in [2.45, 2.75) is 13.0 Å². The molecule has 7 heteroatoms. The Hall–Kier alpha value is -2.67. The minimum atomic E-state index is -0.334. The number of aliphatic imine (C=N–C) groups is 1. The van der Waals surface area contributed by atoms with E-state index in [-0.39, 0.29) is 30.2 Å². The lowest BCUT2D eigenvalue weighted by molar-refractivity contribution is -0.118. The molecule has 0 saturated heterocycles. The van der Waals surface area contributed by atoms with Gasteiger partial charge >= 0.3 is 0 Å². The van der Waals surface area contributed by atoms with Crippen molar-refractivity contribution in [3.63, 3.8) is 0 Å². The predicted molar refractivity (Wildman–Crippen MR) is 90.2 cm³/mol. The van der Waals surface area contributed by atoms with Gasteiger partial charge in [-0.15, -0.1) is 11.3 Å². The Kier molecular flexibility index (Phi) is 4.38. The van der Waals surface area contributed by atoms with Crippen LogP contribution in [0.4, 0.5) is 5.69 Å². The van der Waals surface area contributed by atoms with Crippen molar-refractivity contribution in [1.29, 1.82) is 0 Å². The highest BCUT2D eigenvalue weighted by molar-refractivity contribution is 7.10. The summed E-state index contributed by atoms with van der Waals surface area (Å²) in [6.07, 6.45) is 0. The first-order valence-electron chi connectivity index (χ1n) is 7.18. The molecule has 1 aromatic heterocycles. The second kappa shape index (κ2) is 6.62. The van der Waals surface area contributed by atoms with Crippen LogP contribution < -0.4 is 15.8 Å². The highest BCUT2D eigenvalue weighted by atomic mass is 32.1. The molecule has 0 unspecified atom stereocenters. The van der Waals surface area contributed by atoms with Crippen molar-refractivity contribution in [3.8, 4) is 0 Å². The van der Waals surface area contributed by atoms with Gasteiger partial charge in [0.2, 0.25) is 5.84 Å². The number of amides is 2. The van der Waals surface area contributed by atoms with Crippen molar-refractivity contribution in [3.05, 3.63) is 52.7 Å². The van der Waals surface area contributed by atoms with E-state index in [0.717, 1.165) is 4.88 Å². The van der Waals surface area contributed by atoms with E-state index in [1.165, 1.54) is 5.01 Å². The third-order valence-electron chi connectivity index (χ3n) is 3.39. The Labute approximate surface area is 137 Å². The minimum Gasteiger partial charge on any atom is -0.342 e. The highest BCUT2D eigenvalue weighted by Gasteiger charge is 2.26. The fourth-order valence-corrected chi connectivity index (χ4v) is 2.94. The number of benzene rings is 1. The standard InChI is InChI=1S/C16H16N4O2S/c1-11(13-8-5-9-23-13)18-16(22)15-17-10-14(21)20(19-15)12-6-3-2-4-7-12/h2-9,11H,10H2,1H3,(H,17,19)(H,18,22)/t11-/m1/s1. The van der Waals surface area contributed by atoms with Crippen molar-refractivity contribution >= 4 is 34.7 Å². The maximum absolute atomic E-state index is 12.3. The van der Waals surface area contributed by atoms with Gasteiger partial charge in [0.15, 0.2) is 0 Å². The van der Waals surface area contributed by atoms with E-state index in [1.807, 2.05) is 42.6 Å². The number of anilines is 1. The number of nitrogens with zero attached hydrogens (tertiary/aromatic N) is 2. The molecule has 23 heavy (non-hydrogen) atoms. The lowest BCUT2D eigenvalue weighted by Gasteiger charge is -2.28. The number of hydrogen-bond donors (Lipinski definition) is 2. The van der Waals surface area contributed by atoms with E-state index in [2.05, 4.69) is 15.7 Å². The first-order chi connectivity index (χ1) is 11.1. The highest BCUT2D eigenvalue weighted by Crippen LogP contribution is 2.18. The van der Waals surface area contributed by atoms with Crippen LogP contribution in [0, 0.1) is 0 Å². The van der Waals surface area contributed by atoms with E-state index in [9.17, 15) is 9.59 Å². The molecular weight excluding hydrogens is 312 g/mol. The summed E-state index contributed by atoms with van der Waals surface area (Å²) in [5.74, 6) is -0.407. The number of para-hydroxylation sites is 1. The number of hydrazine groups is 1. The Balaban J connectivity index is 1.70. The van der Waals surface area contributed by atoms with E-state index in [0.29, 0.717) is 5.69 Å². The van der Waals surface area contributed by atoms with Crippen LogP contribution in [-0.4, -0.2) is 24.2 Å². The number of nitrogens with one attached hydrogen (secondary N) is 2. The Bertz CT molecular complexity index is 728. The number of carbonyl (C=O) groups is 2. The third kappa shape index (κ3) is 3.40. The normalized spacial score (nSPS) is 15.6. The van der Waals surface area contributed by atoms with Crippen LogP contribution >= 0.6 is 11.3 Å². The molecule has 6 nitrogen and oxygen atoms in total. The van der Waals surface area contributed by atoms with Crippen LogP contribution in [0.25, 0.3) is 0 Å². The van der Waals surface area contributed by atoms with Crippen LogP contribution in [0.3, 0.4) is 0 Å². The minimum absolute atomic E-state index is 0.0575. The summed E-state index contributed by atoms with van der Waals surface area (Å²) < 4.78 is 0. The van der Waals surface area contributed by atoms with E-state index >= 15 is 0 Å². The molecule has 2 amide bonds. The molecule has 2 aromatic rings. The van der Waals surface area contributed by atoms with E-state index in [1.54, 1.807) is 23.5 Å². The van der Waals surface area contributed by atoms with Gasteiger partial charge in [0.05, 0.1) is 11.7 Å². The molecule has 1 aliphatic heterocycles. The van der Waals surface area contributed by atoms with Gasteiger partial charge in [0.1, 0.15) is 6.54 Å². The molecule has 0 saturated carbocycles. The van der Waals surface area contributed by atoms with Gasteiger partial charge in [-0.25, -0.2) is 5.01 Å². The molecule has 1 aromatic carbocycles. The number of carbonyl (C=O) groups excluding carboxylic acids is 2. The molecule has 0 radical (unpaired) electrons. The van der Waals surface area contributed by atoms with Gasteiger partial charge < -0.3 is 5.32 Å². The van der Waals surface area contributed by atoms with E-state index in [4.69, 9.17) is 0 Å². The monoisotopic (exact) mass is 328 g/mol. The van der Waals surface area contributed by atoms with Crippen LogP contribution in [0.1, 0.15) is 17.8 Å².